The third-order valence-corrected chi connectivity index (χ3v) is 5.53. The molecule has 0 bridgehead atoms. The number of aliphatic hydroxyl groups excluding tert-OH is 1. The fourth-order valence-electron chi connectivity index (χ4n) is 4.11. The lowest BCUT2D eigenvalue weighted by Gasteiger charge is -2.36. The summed E-state index contributed by atoms with van der Waals surface area (Å²) in [5.74, 6) is -0.960. The summed E-state index contributed by atoms with van der Waals surface area (Å²) in [7, 11) is 1.15. The Labute approximate surface area is 152 Å². The Balaban J connectivity index is 1.64. The molecular formula is C16H19F3N4O4. The highest BCUT2D eigenvalue weighted by Gasteiger charge is 2.57. The highest BCUT2D eigenvalue weighted by molar-refractivity contribution is 5.68. The van der Waals surface area contributed by atoms with Crippen molar-refractivity contribution in [2.75, 3.05) is 43.1 Å². The molecule has 1 aromatic rings. The second-order valence-corrected chi connectivity index (χ2v) is 7.28. The SMILES string of the molecule is COc1c(N2CC3C(CC(=O)O)C3C2)nc(N2CC(O)C2)nc1C(F)(F)F. The van der Waals surface area contributed by atoms with Gasteiger partial charge in [0.2, 0.25) is 5.95 Å². The van der Waals surface area contributed by atoms with E-state index >= 15 is 0 Å². The van der Waals surface area contributed by atoms with Crippen molar-refractivity contribution in [1.82, 2.24) is 9.97 Å². The summed E-state index contributed by atoms with van der Waals surface area (Å²) in [6.07, 6.45) is -5.24. The lowest BCUT2D eigenvalue weighted by atomic mass is 10.2. The van der Waals surface area contributed by atoms with Crippen molar-refractivity contribution in [2.24, 2.45) is 17.8 Å². The Morgan fingerprint density at radius 2 is 1.81 bits per heavy atom. The Morgan fingerprint density at radius 1 is 1.19 bits per heavy atom. The highest BCUT2D eigenvalue weighted by atomic mass is 19.4. The molecule has 1 aliphatic carbocycles. The quantitative estimate of drug-likeness (QED) is 0.766. The number of aliphatic hydroxyl groups is 1. The van der Waals surface area contributed by atoms with Crippen LogP contribution < -0.4 is 14.5 Å². The molecule has 1 aromatic heterocycles. The van der Waals surface area contributed by atoms with Crippen molar-refractivity contribution < 1.29 is 32.9 Å². The van der Waals surface area contributed by atoms with E-state index in [-0.39, 0.29) is 49.0 Å². The first-order chi connectivity index (χ1) is 12.7. The van der Waals surface area contributed by atoms with Gasteiger partial charge in [0.25, 0.3) is 0 Å². The van der Waals surface area contributed by atoms with Crippen LogP contribution in [0.2, 0.25) is 0 Å². The van der Waals surface area contributed by atoms with E-state index in [1.54, 1.807) is 4.90 Å². The minimum absolute atomic E-state index is 0.0671. The monoisotopic (exact) mass is 388 g/mol. The van der Waals surface area contributed by atoms with E-state index in [2.05, 4.69) is 9.97 Å². The molecular weight excluding hydrogens is 369 g/mol. The summed E-state index contributed by atoms with van der Waals surface area (Å²) in [4.78, 5) is 22.0. The Kier molecular flexibility index (Phi) is 4.09. The van der Waals surface area contributed by atoms with Gasteiger partial charge in [0.1, 0.15) is 0 Å². The zero-order valence-corrected chi connectivity index (χ0v) is 14.5. The second-order valence-electron chi connectivity index (χ2n) is 7.28. The number of rotatable bonds is 5. The van der Waals surface area contributed by atoms with Crippen molar-refractivity contribution in [3.63, 3.8) is 0 Å². The number of nitrogens with zero attached hydrogens (tertiary/aromatic N) is 4. The van der Waals surface area contributed by atoms with Gasteiger partial charge in [0, 0.05) is 32.6 Å². The number of piperidine rings is 1. The Hall–Kier alpha value is -2.30. The highest BCUT2D eigenvalue weighted by Crippen LogP contribution is 2.55. The number of alkyl halides is 3. The van der Waals surface area contributed by atoms with Gasteiger partial charge in [-0.05, 0) is 17.8 Å². The lowest BCUT2D eigenvalue weighted by molar-refractivity contribution is -0.142. The second kappa shape index (κ2) is 6.11. The molecule has 2 saturated heterocycles. The number of fused-ring (bicyclic) bond motifs is 1. The number of aromatic nitrogens is 2. The number of halogens is 3. The molecule has 3 aliphatic rings. The fraction of sp³-hybridized carbons (Fsp3) is 0.688. The number of ether oxygens (including phenoxy) is 1. The van der Waals surface area contributed by atoms with E-state index in [1.807, 2.05) is 0 Å². The summed E-state index contributed by atoms with van der Waals surface area (Å²) < 4.78 is 45.6. The average Bonchev–Trinajstić information content (AvgIpc) is 3.00. The number of anilines is 2. The van der Waals surface area contributed by atoms with Crippen LogP contribution in [0.4, 0.5) is 24.9 Å². The number of β-amino-alcohol motifs (C(OH)–C–C–N with tert-alkyl or cyclic N) is 1. The molecule has 0 radical (unpaired) electrons. The Bertz CT molecular complexity index is 757. The summed E-state index contributed by atoms with van der Waals surface area (Å²) in [6.45, 7) is 1.23. The number of methoxy groups -OCH3 is 1. The molecule has 2 atom stereocenters. The summed E-state index contributed by atoms with van der Waals surface area (Å²) in [5, 5.41) is 18.3. The van der Waals surface area contributed by atoms with Crippen molar-refractivity contribution in [3.8, 4) is 5.75 Å². The Morgan fingerprint density at radius 3 is 2.30 bits per heavy atom. The van der Waals surface area contributed by atoms with E-state index < -0.39 is 29.7 Å². The van der Waals surface area contributed by atoms with Crippen LogP contribution in [0.15, 0.2) is 0 Å². The average molecular weight is 388 g/mol. The topological polar surface area (TPSA) is 99.0 Å². The van der Waals surface area contributed by atoms with Gasteiger partial charge in [0.15, 0.2) is 17.3 Å². The maximum atomic E-state index is 13.5. The van der Waals surface area contributed by atoms with Crippen LogP contribution in [0.3, 0.4) is 0 Å². The van der Waals surface area contributed by atoms with Crippen LogP contribution in [0, 0.1) is 17.8 Å². The molecule has 11 heteroatoms. The van der Waals surface area contributed by atoms with Crippen molar-refractivity contribution in [3.05, 3.63) is 5.69 Å². The molecule has 3 heterocycles. The van der Waals surface area contributed by atoms with Gasteiger partial charge < -0.3 is 24.7 Å². The number of carboxylic acids is 1. The number of hydrogen-bond donors (Lipinski definition) is 2. The van der Waals surface area contributed by atoms with Crippen LogP contribution in [-0.4, -0.2) is 65.5 Å². The van der Waals surface area contributed by atoms with Crippen LogP contribution in [0.1, 0.15) is 12.1 Å². The van der Waals surface area contributed by atoms with Gasteiger partial charge in [0.05, 0.1) is 13.2 Å². The zero-order chi connectivity index (χ0) is 19.5. The van der Waals surface area contributed by atoms with Gasteiger partial charge in [-0.15, -0.1) is 0 Å². The number of carbonyl (C=O) groups is 1. The largest absolute Gasteiger partial charge is 0.491 e. The van der Waals surface area contributed by atoms with Gasteiger partial charge in [-0.2, -0.15) is 18.2 Å². The minimum atomic E-state index is -4.71. The molecule has 0 spiro atoms. The minimum Gasteiger partial charge on any atom is -0.491 e. The van der Waals surface area contributed by atoms with Crippen molar-refractivity contribution in [2.45, 2.75) is 18.7 Å². The van der Waals surface area contributed by atoms with Crippen molar-refractivity contribution >= 4 is 17.7 Å². The predicted molar refractivity (Wildman–Crippen MR) is 86.7 cm³/mol. The summed E-state index contributed by atoms with van der Waals surface area (Å²) >= 11 is 0. The molecule has 27 heavy (non-hydrogen) atoms. The van der Waals surface area contributed by atoms with E-state index in [9.17, 15) is 23.1 Å². The summed E-state index contributed by atoms with van der Waals surface area (Å²) in [6, 6.07) is 0. The molecule has 2 unspecified atom stereocenters. The van der Waals surface area contributed by atoms with Gasteiger partial charge in [-0.1, -0.05) is 0 Å². The molecule has 1 saturated carbocycles. The molecule has 2 aliphatic heterocycles. The smallest absolute Gasteiger partial charge is 0.437 e. The van der Waals surface area contributed by atoms with Gasteiger partial charge in [-0.25, -0.2) is 4.98 Å². The standard InChI is InChI=1S/C16H19F3N4O4/c1-27-12-13(16(17,18)19)20-15(23-3-7(24)4-23)21-14(12)22-5-9-8(2-11(25)26)10(9)6-22/h7-10,24H,2-6H2,1H3,(H,25,26). The van der Waals surface area contributed by atoms with Crippen LogP contribution in [-0.2, 0) is 11.0 Å². The number of hydrogen-bond acceptors (Lipinski definition) is 7. The van der Waals surface area contributed by atoms with E-state index in [1.165, 1.54) is 4.90 Å². The molecule has 8 nitrogen and oxygen atoms in total. The van der Waals surface area contributed by atoms with Crippen LogP contribution in [0.25, 0.3) is 0 Å². The molecule has 3 fully saturated rings. The third kappa shape index (κ3) is 3.13. The molecule has 2 N–H and O–H groups in total. The lowest BCUT2D eigenvalue weighted by Crippen LogP contribution is -2.51. The van der Waals surface area contributed by atoms with Crippen LogP contribution in [0.5, 0.6) is 5.75 Å². The first-order valence-electron chi connectivity index (χ1n) is 8.62. The van der Waals surface area contributed by atoms with Crippen LogP contribution >= 0.6 is 0 Å². The first kappa shape index (κ1) is 18.1. The van der Waals surface area contributed by atoms with E-state index in [0.717, 1.165) is 7.11 Å². The maximum absolute atomic E-state index is 13.5. The molecule has 0 aromatic carbocycles. The molecule has 0 amide bonds. The summed E-state index contributed by atoms with van der Waals surface area (Å²) in [5.41, 5.74) is -1.14. The zero-order valence-electron chi connectivity index (χ0n) is 14.5. The number of aliphatic carboxylic acids is 1. The normalized spacial score (nSPS) is 27.4. The maximum Gasteiger partial charge on any atom is 0.437 e. The van der Waals surface area contributed by atoms with Gasteiger partial charge in [-0.3, -0.25) is 4.79 Å². The molecule has 148 valence electrons. The van der Waals surface area contributed by atoms with E-state index in [0.29, 0.717) is 13.1 Å². The third-order valence-electron chi connectivity index (χ3n) is 5.53. The fourth-order valence-corrected chi connectivity index (χ4v) is 4.11. The number of carboxylic acid groups (broad SMARTS) is 1. The molecule has 4 rings (SSSR count). The van der Waals surface area contributed by atoms with Gasteiger partial charge >= 0.3 is 12.1 Å². The van der Waals surface area contributed by atoms with Crippen molar-refractivity contribution in [1.29, 1.82) is 0 Å². The van der Waals surface area contributed by atoms with E-state index in [4.69, 9.17) is 9.84 Å². The first-order valence-corrected chi connectivity index (χ1v) is 8.62. The predicted octanol–water partition coefficient (Wildman–Crippen LogP) is 0.842.